The van der Waals surface area contributed by atoms with Gasteiger partial charge in [-0.25, -0.2) is 0 Å². The summed E-state index contributed by atoms with van der Waals surface area (Å²) in [6.45, 7) is 1.81. The summed E-state index contributed by atoms with van der Waals surface area (Å²) >= 11 is 5.80. The number of aliphatic hydroxyl groups is 1. The third kappa shape index (κ3) is 2.87. The topological polar surface area (TPSA) is 38.7 Å². The fourth-order valence-electron chi connectivity index (χ4n) is 1.10. The zero-order valence-corrected chi connectivity index (χ0v) is 8.91. The molecule has 0 unspecified atom stereocenters. The summed E-state index contributed by atoms with van der Waals surface area (Å²) < 4.78 is 10.0. The normalized spacial score (nSPS) is 12.6. The highest BCUT2D eigenvalue weighted by Crippen LogP contribution is 2.28. The monoisotopic (exact) mass is 216 g/mol. The standard InChI is InChI=1S/C10H13ClO3/c1-7(12)9-5-8(11)3-4-10(9)14-6-13-2/h3-5,7,12H,6H2,1-2H3/t7-/m0/s1. The SMILES string of the molecule is COCOc1ccc(Cl)cc1[C@H](C)O. The van der Waals surface area contributed by atoms with Gasteiger partial charge in [0, 0.05) is 17.7 Å². The molecule has 1 aromatic rings. The lowest BCUT2D eigenvalue weighted by Gasteiger charge is -2.12. The molecule has 1 N–H and O–H groups in total. The number of aliphatic hydroxyl groups excluding tert-OH is 1. The van der Waals surface area contributed by atoms with Gasteiger partial charge in [0.05, 0.1) is 6.10 Å². The van der Waals surface area contributed by atoms with Crippen molar-refractivity contribution in [2.24, 2.45) is 0 Å². The first-order valence-electron chi connectivity index (χ1n) is 4.24. The third-order valence-electron chi connectivity index (χ3n) is 1.75. The molecule has 0 aliphatic rings. The first-order valence-corrected chi connectivity index (χ1v) is 4.62. The summed E-state index contributed by atoms with van der Waals surface area (Å²) in [5, 5.41) is 10.0. The van der Waals surface area contributed by atoms with Gasteiger partial charge >= 0.3 is 0 Å². The van der Waals surface area contributed by atoms with Gasteiger partial charge in [-0.15, -0.1) is 0 Å². The lowest BCUT2D eigenvalue weighted by atomic mass is 10.1. The second-order valence-electron chi connectivity index (χ2n) is 2.91. The van der Waals surface area contributed by atoms with Gasteiger partial charge < -0.3 is 14.6 Å². The van der Waals surface area contributed by atoms with Crippen LogP contribution >= 0.6 is 11.6 Å². The molecular formula is C10H13ClO3. The largest absolute Gasteiger partial charge is 0.467 e. The van der Waals surface area contributed by atoms with Crippen molar-refractivity contribution in [3.05, 3.63) is 28.8 Å². The average Bonchev–Trinajstić information content (AvgIpc) is 2.15. The number of hydrogen-bond acceptors (Lipinski definition) is 3. The van der Waals surface area contributed by atoms with E-state index in [0.29, 0.717) is 16.3 Å². The molecule has 0 spiro atoms. The Kier molecular flexibility index (Phi) is 4.20. The minimum atomic E-state index is -0.611. The molecule has 0 bridgehead atoms. The zero-order chi connectivity index (χ0) is 10.6. The van der Waals surface area contributed by atoms with Crippen molar-refractivity contribution in [3.63, 3.8) is 0 Å². The zero-order valence-electron chi connectivity index (χ0n) is 8.16. The molecule has 1 atom stereocenters. The minimum absolute atomic E-state index is 0.154. The van der Waals surface area contributed by atoms with E-state index >= 15 is 0 Å². The fraction of sp³-hybridized carbons (Fsp3) is 0.400. The summed E-state index contributed by atoms with van der Waals surface area (Å²) in [5.74, 6) is 0.589. The lowest BCUT2D eigenvalue weighted by molar-refractivity contribution is 0.0484. The van der Waals surface area contributed by atoms with Crippen molar-refractivity contribution in [2.75, 3.05) is 13.9 Å². The van der Waals surface area contributed by atoms with E-state index in [1.54, 1.807) is 25.1 Å². The first-order chi connectivity index (χ1) is 6.65. The fourth-order valence-corrected chi connectivity index (χ4v) is 1.28. The van der Waals surface area contributed by atoms with Crippen LogP contribution in [0, 0.1) is 0 Å². The maximum Gasteiger partial charge on any atom is 0.188 e. The molecule has 0 aliphatic carbocycles. The van der Waals surface area contributed by atoms with E-state index in [1.165, 1.54) is 7.11 Å². The van der Waals surface area contributed by atoms with E-state index in [0.717, 1.165) is 0 Å². The molecule has 0 aromatic heterocycles. The predicted molar refractivity (Wildman–Crippen MR) is 54.6 cm³/mol. The predicted octanol–water partition coefficient (Wildman–Crippen LogP) is 2.38. The van der Waals surface area contributed by atoms with Gasteiger partial charge in [-0.3, -0.25) is 0 Å². The van der Waals surface area contributed by atoms with E-state index in [1.807, 2.05) is 0 Å². The summed E-state index contributed by atoms with van der Waals surface area (Å²) in [6, 6.07) is 5.10. The van der Waals surface area contributed by atoms with Gasteiger partial charge in [0.2, 0.25) is 0 Å². The number of methoxy groups -OCH3 is 1. The number of hydrogen-bond donors (Lipinski definition) is 1. The molecule has 0 radical (unpaired) electrons. The Morgan fingerprint density at radius 3 is 2.79 bits per heavy atom. The summed E-state index contributed by atoms with van der Waals surface area (Å²) in [5.41, 5.74) is 0.662. The second-order valence-corrected chi connectivity index (χ2v) is 3.35. The van der Waals surface area contributed by atoms with Crippen molar-refractivity contribution in [1.29, 1.82) is 0 Å². The maximum absolute atomic E-state index is 9.45. The Balaban J connectivity index is 2.90. The number of halogens is 1. The Morgan fingerprint density at radius 1 is 1.50 bits per heavy atom. The molecule has 78 valence electrons. The van der Waals surface area contributed by atoms with E-state index in [9.17, 15) is 5.11 Å². The molecule has 0 saturated carbocycles. The van der Waals surface area contributed by atoms with Crippen LogP contribution < -0.4 is 4.74 Å². The quantitative estimate of drug-likeness (QED) is 0.786. The van der Waals surface area contributed by atoms with Crippen molar-refractivity contribution in [3.8, 4) is 5.75 Å². The van der Waals surface area contributed by atoms with Gasteiger partial charge in [-0.2, -0.15) is 0 Å². The highest BCUT2D eigenvalue weighted by Gasteiger charge is 2.09. The molecule has 3 nitrogen and oxygen atoms in total. The van der Waals surface area contributed by atoms with Crippen LogP contribution in [0.4, 0.5) is 0 Å². The Labute approximate surface area is 88.2 Å². The van der Waals surface area contributed by atoms with Gasteiger partial charge in [0.1, 0.15) is 5.75 Å². The van der Waals surface area contributed by atoms with Crippen LogP contribution in [0.1, 0.15) is 18.6 Å². The first kappa shape index (κ1) is 11.3. The lowest BCUT2D eigenvalue weighted by Crippen LogP contribution is -2.03. The highest BCUT2D eigenvalue weighted by atomic mass is 35.5. The molecular weight excluding hydrogens is 204 g/mol. The van der Waals surface area contributed by atoms with E-state index in [4.69, 9.17) is 21.1 Å². The van der Waals surface area contributed by atoms with E-state index in [2.05, 4.69) is 0 Å². The molecule has 14 heavy (non-hydrogen) atoms. The van der Waals surface area contributed by atoms with Crippen LogP contribution in [0.25, 0.3) is 0 Å². The molecule has 0 aliphatic heterocycles. The third-order valence-corrected chi connectivity index (χ3v) is 1.99. The average molecular weight is 217 g/mol. The molecule has 0 heterocycles. The Hall–Kier alpha value is -0.770. The van der Waals surface area contributed by atoms with Crippen molar-refractivity contribution in [2.45, 2.75) is 13.0 Å². The van der Waals surface area contributed by atoms with Crippen molar-refractivity contribution in [1.82, 2.24) is 0 Å². The molecule has 0 fully saturated rings. The highest BCUT2D eigenvalue weighted by molar-refractivity contribution is 6.30. The van der Waals surface area contributed by atoms with Crippen LogP contribution in [0.15, 0.2) is 18.2 Å². The maximum atomic E-state index is 9.45. The van der Waals surface area contributed by atoms with Gasteiger partial charge in [0.25, 0.3) is 0 Å². The van der Waals surface area contributed by atoms with Crippen LogP contribution in [0.2, 0.25) is 5.02 Å². The summed E-state index contributed by atoms with van der Waals surface area (Å²) in [7, 11) is 1.54. The Morgan fingerprint density at radius 2 is 2.21 bits per heavy atom. The molecule has 0 amide bonds. The second kappa shape index (κ2) is 5.20. The van der Waals surface area contributed by atoms with Gasteiger partial charge in [0.15, 0.2) is 6.79 Å². The van der Waals surface area contributed by atoms with Gasteiger partial charge in [-0.05, 0) is 25.1 Å². The number of benzene rings is 1. The smallest absolute Gasteiger partial charge is 0.188 e. The summed E-state index contributed by atoms with van der Waals surface area (Å²) in [4.78, 5) is 0. The molecule has 4 heteroatoms. The Bertz CT molecular complexity index is 299. The van der Waals surface area contributed by atoms with Crippen LogP contribution in [-0.2, 0) is 4.74 Å². The molecule has 1 rings (SSSR count). The van der Waals surface area contributed by atoms with Gasteiger partial charge in [-0.1, -0.05) is 11.6 Å². The molecule has 1 aromatic carbocycles. The molecule has 0 saturated heterocycles. The van der Waals surface area contributed by atoms with Crippen LogP contribution in [-0.4, -0.2) is 19.0 Å². The summed E-state index contributed by atoms with van der Waals surface area (Å²) in [6.07, 6.45) is -0.611. The van der Waals surface area contributed by atoms with Crippen LogP contribution in [0.3, 0.4) is 0 Å². The number of ether oxygens (including phenoxy) is 2. The van der Waals surface area contributed by atoms with E-state index < -0.39 is 6.10 Å². The van der Waals surface area contributed by atoms with Crippen LogP contribution in [0.5, 0.6) is 5.75 Å². The minimum Gasteiger partial charge on any atom is -0.467 e. The number of rotatable bonds is 4. The van der Waals surface area contributed by atoms with Crippen molar-refractivity contribution >= 4 is 11.6 Å². The van der Waals surface area contributed by atoms with E-state index in [-0.39, 0.29) is 6.79 Å². The van der Waals surface area contributed by atoms with Crippen molar-refractivity contribution < 1.29 is 14.6 Å².